The molecule has 0 unspecified atom stereocenters. The Morgan fingerprint density at radius 1 is 1.03 bits per heavy atom. The molecular weight excluding hydrogens is 471 g/mol. The minimum Gasteiger partial charge on any atom is -0.291 e. The fourth-order valence-electron chi connectivity index (χ4n) is 5.39. The van der Waals surface area contributed by atoms with Crippen molar-refractivity contribution in [2.24, 2.45) is 5.92 Å². The molecule has 0 saturated heterocycles. The molecule has 2 aromatic carbocycles. The molecule has 1 aliphatic carbocycles. The lowest BCUT2D eigenvalue weighted by Gasteiger charge is -2.20. The van der Waals surface area contributed by atoms with Crippen LogP contribution in [-0.2, 0) is 19.6 Å². The van der Waals surface area contributed by atoms with E-state index in [2.05, 4.69) is 20.6 Å². The molecule has 0 aliphatic heterocycles. The van der Waals surface area contributed by atoms with Gasteiger partial charge in [-0.2, -0.15) is 5.21 Å². The van der Waals surface area contributed by atoms with Gasteiger partial charge in [0.15, 0.2) is 0 Å². The second kappa shape index (κ2) is 11.0. The third kappa shape index (κ3) is 4.90. The van der Waals surface area contributed by atoms with Crippen LogP contribution in [0.1, 0.15) is 67.2 Å². The van der Waals surface area contributed by atoms with Crippen molar-refractivity contribution in [3.05, 3.63) is 76.0 Å². The molecular formula is C28H31FN6O2. The number of halogens is 1. The number of H-pyrrole nitrogens is 1. The van der Waals surface area contributed by atoms with Crippen LogP contribution in [0.25, 0.3) is 22.5 Å². The molecule has 9 heteroatoms. The maximum atomic E-state index is 14.3. The summed E-state index contributed by atoms with van der Waals surface area (Å²) in [6, 6.07) is 15.7. The van der Waals surface area contributed by atoms with E-state index in [1.165, 1.54) is 0 Å². The molecule has 37 heavy (non-hydrogen) atoms. The monoisotopic (exact) mass is 502 g/mol. The molecule has 1 saturated carbocycles. The number of aromatic nitrogens is 6. The summed E-state index contributed by atoms with van der Waals surface area (Å²) in [6.45, 7) is 1.44. The fourth-order valence-corrected chi connectivity index (χ4v) is 5.39. The van der Waals surface area contributed by atoms with Gasteiger partial charge in [0.25, 0.3) is 0 Å². The summed E-state index contributed by atoms with van der Waals surface area (Å²) in [5.41, 5.74) is 4.09. The van der Waals surface area contributed by atoms with Crippen molar-refractivity contribution in [1.29, 1.82) is 0 Å². The van der Waals surface area contributed by atoms with E-state index in [1.54, 1.807) is 4.57 Å². The van der Waals surface area contributed by atoms with Crippen molar-refractivity contribution in [3.63, 3.8) is 0 Å². The molecule has 0 bridgehead atoms. The lowest BCUT2D eigenvalue weighted by molar-refractivity contribution is 0.0790. The highest BCUT2D eigenvalue weighted by atomic mass is 19.1. The van der Waals surface area contributed by atoms with Gasteiger partial charge in [-0.1, -0.05) is 81.1 Å². The SMILES string of the molecule is CCCc1c(CF)n(C(=O)C2CCCCC2)c(=O)n1Cc1ccc(-c2ccccc2-c2nn[nH]n2)cc1. The van der Waals surface area contributed by atoms with Gasteiger partial charge in [0.2, 0.25) is 11.7 Å². The number of nitrogens with one attached hydrogen (secondary N) is 1. The largest absolute Gasteiger partial charge is 0.335 e. The van der Waals surface area contributed by atoms with Gasteiger partial charge >= 0.3 is 5.69 Å². The van der Waals surface area contributed by atoms with Gasteiger partial charge in [0.05, 0.1) is 12.2 Å². The van der Waals surface area contributed by atoms with Crippen molar-refractivity contribution in [3.8, 4) is 22.5 Å². The van der Waals surface area contributed by atoms with E-state index in [0.717, 1.165) is 65.3 Å². The smallest absolute Gasteiger partial charge is 0.291 e. The van der Waals surface area contributed by atoms with E-state index < -0.39 is 12.4 Å². The van der Waals surface area contributed by atoms with E-state index in [-0.39, 0.29) is 24.1 Å². The molecule has 1 fully saturated rings. The van der Waals surface area contributed by atoms with Crippen molar-refractivity contribution >= 4 is 5.91 Å². The van der Waals surface area contributed by atoms with Crippen molar-refractivity contribution in [2.75, 3.05) is 0 Å². The van der Waals surface area contributed by atoms with Crippen molar-refractivity contribution in [2.45, 2.75) is 65.1 Å². The fraction of sp³-hybridized carbons (Fsp3) is 0.393. The predicted molar refractivity (Wildman–Crippen MR) is 139 cm³/mol. The number of tetrazole rings is 1. The molecule has 2 aromatic heterocycles. The Labute approximate surface area is 214 Å². The standard InChI is InChI=1S/C28H31FN6O2/c1-2-8-24-25(17-29)35(27(36)21-9-4-3-5-10-21)28(37)34(24)18-19-13-15-20(16-14-19)22-11-6-7-12-23(22)26-30-32-33-31-26/h6-7,11-16,21H,2-5,8-10,17-18H2,1H3,(H,30,31,32,33). The molecule has 0 radical (unpaired) electrons. The number of imidazole rings is 1. The van der Waals surface area contributed by atoms with E-state index in [0.29, 0.717) is 17.9 Å². The van der Waals surface area contributed by atoms with E-state index in [1.807, 2.05) is 55.5 Å². The van der Waals surface area contributed by atoms with Crippen LogP contribution in [0.15, 0.2) is 53.3 Å². The summed E-state index contributed by atoms with van der Waals surface area (Å²) >= 11 is 0. The predicted octanol–water partition coefficient (Wildman–Crippen LogP) is 5.19. The summed E-state index contributed by atoms with van der Waals surface area (Å²) in [6.07, 6.45) is 5.86. The normalized spacial score (nSPS) is 14.2. The summed E-state index contributed by atoms with van der Waals surface area (Å²) in [4.78, 5) is 26.8. The zero-order valence-electron chi connectivity index (χ0n) is 21.0. The first-order valence-corrected chi connectivity index (χ1v) is 13.0. The number of hydrogen-bond acceptors (Lipinski definition) is 5. The summed E-state index contributed by atoms with van der Waals surface area (Å²) in [5.74, 6) is 0.0562. The summed E-state index contributed by atoms with van der Waals surface area (Å²) in [7, 11) is 0. The van der Waals surface area contributed by atoms with Crippen LogP contribution in [0.4, 0.5) is 4.39 Å². The number of hydrogen-bond donors (Lipinski definition) is 1. The van der Waals surface area contributed by atoms with Crippen LogP contribution in [-0.4, -0.2) is 35.7 Å². The number of benzene rings is 2. The Hall–Kier alpha value is -3.88. The Bertz CT molecular complexity index is 1420. The van der Waals surface area contributed by atoms with Crippen LogP contribution >= 0.6 is 0 Å². The van der Waals surface area contributed by atoms with Crippen LogP contribution in [0, 0.1) is 5.92 Å². The van der Waals surface area contributed by atoms with Crippen LogP contribution in [0.2, 0.25) is 0 Å². The molecule has 192 valence electrons. The van der Waals surface area contributed by atoms with Gasteiger partial charge in [-0.05, 0) is 41.2 Å². The van der Waals surface area contributed by atoms with E-state index >= 15 is 0 Å². The molecule has 5 rings (SSSR count). The summed E-state index contributed by atoms with van der Waals surface area (Å²) < 4.78 is 17.0. The minimum atomic E-state index is -0.832. The van der Waals surface area contributed by atoms with Gasteiger partial charge in [0, 0.05) is 17.2 Å². The zero-order valence-corrected chi connectivity index (χ0v) is 21.0. The van der Waals surface area contributed by atoms with E-state index in [9.17, 15) is 14.0 Å². The molecule has 4 aromatic rings. The van der Waals surface area contributed by atoms with Gasteiger partial charge in [0.1, 0.15) is 6.67 Å². The highest BCUT2D eigenvalue weighted by Gasteiger charge is 2.29. The molecule has 1 N–H and O–H groups in total. The molecule has 0 spiro atoms. The zero-order chi connectivity index (χ0) is 25.8. The molecule has 1 aliphatic rings. The van der Waals surface area contributed by atoms with Gasteiger partial charge in [-0.25, -0.2) is 13.8 Å². The third-order valence-electron chi connectivity index (χ3n) is 7.26. The van der Waals surface area contributed by atoms with Crippen LogP contribution in [0.3, 0.4) is 0 Å². The van der Waals surface area contributed by atoms with E-state index in [4.69, 9.17) is 0 Å². The van der Waals surface area contributed by atoms with Crippen LogP contribution < -0.4 is 5.69 Å². The quantitative estimate of drug-likeness (QED) is 0.358. The molecule has 0 atom stereocenters. The third-order valence-corrected chi connectivity index (χ3v) is 7.26. The second-order valence-corrected chi connectivity index (χ2v) is 9.63. The maximum absolute atomic E-state index is 14.3. The lowest BCUT2D eigenvalue weighted by atomic mass is 9.88. The summed E-state index contributed by atoms with van der Waals surface area (Å²) in [5, 5.41) is 14.4. The second-order valence-electron chi connectivity index (χ2n) is 9.63. The molecule has 0 amide bonds. The maximum Gasteiger partial charge on any atom is 0.335 e. The number of carbonyl (C=O) groups excluding carboxylic acids is 1. The highest BCUT2D eigenvalue weighted by Crippen LogP contribution is 2.30. The number of aromatic amines is 1. The van der Waals surface area contributed by atoms with Crippen molar-refractivity contribution in [1.82, 2.24) is 29.8 Å². The molecule has 2 heterocycles. The van der Waals surface area contributed by atoms with Gasteiger partial charge < -0.3 is 0 Å². The Morgan fingerprint density at radius 3 is 2.41 bits per heavy atom. The minimum absolute atomic E-state index is 0.208. The number of nitrogens with zero attached hydrogens (tertiary/aromatic N) is 5. The molecule has 8 nitrogen and oxygen atoms in total. The van der Waals surface area contributed by atoms with Crippen molar-refractivity contribution < 1.29 is 9.18 Å². The lowest BCUT2D eigenvalue weighted by Crippen LogP contribution is -2.35. The number of rotatable bonds is 8. The van der Waals surface area contributed by atoms with Gasteiger partial charge in [-0.15, -0.1) is 10.2 Å². The Balaban J connectivity index is 1.47. The number of carbonyl (C=O) groups is 1. The Morgan fingerprint density at radius 2 is 1.76 bits per heavy atom. The topological polar surface area (TPSA) is 98.5 Å². The Kier molecular flexibility index (Phi) is 7.39. The first-order valence-electron chi connectivity index (χ1n) is 13.0. The number of alkyl halides is 1. The highest BCUT2D eigenvalue weighted by molar-refractivity contribution is 5.82. The van der Waals surface area contributed by atoms with Crippen LogP contribution in [0.5, 0.6) is 0 Å². The average molecular weight is 503 g/mol. The van der Waals surface area contributed by atoms with Gasteiger partial charge in [-0.3, -0.25) is 9.36 Å². The first-order chi connectivity index (χ1) is 18.1. The first kappa shape index (κ1) is 24.8. The average Bonchev–Trinajstić information content (AvgIpc) is 3.57.